The largest absolute Gasteiger partial charge is 0.446 e. The van der Waals surface area contributed by atoms with Crippen molar-refractivity contribution in [3.63, 3.8) is 0 Å². The van der Waals surface area contributed by atoms with E-state index in [4.69, 9.17) is 4.74 Å². The molecule has 3 heterocycles. The Bertz CT molecular complexity index is 1250. The number of aryl methyl sites for hydroxylation is 1. The zero-order valence-electron chi connectivity index (χ0n) is 16.6. The van der Waals surface area contributed by atoms with Gasteiger partial charge >= 0.3 is 0 Å². The van der Waals surface area contributed by atoms with Crippen molar-refractivity contribution < 1.29 is 9.13 Å². The molecule has 0 amide bonds. The molecule has 5 rings (SSSR count). The van der Waals surface area contributed by atoms with E-state index in [1.807, 2.05) is 49.4 Å². The van der Waals surface area contributed by atoms with Crippen molar-refractivity contribution in [1.82, 2.24) is 20.2 Å². The second-order valence-electron chi connectivity index (χ2n) is 7.02. The van der Waals surface area contributed by atoms with Gasteiger partial charge in [-0.25, -0.2) is 4.39 Å². The van der Waals surface area contributed by atoms with Crippen molar-refractivity contribution in [2.45, 2.75) is 24.1 Å². The van der Waals surface area contributed by atoms with E-state index in [0.717, 1.165) is 22.6 Å². The summed E-state index contributed by atoms with van der Waals surface area (Å²) < 4.78 is 20.2. The lowest BCUT2D eigenvalue weighted by molar-refractivity contribution is 0.220. The van der Waals surface area contributed by atoms with Crippen LogP contribution >= 0.6 is 11.8 Å². The highest BCUT2D eigenvalue weighted by Crippen LogP contribution is 2.39. The van der Waals surface area contributed by atoms with Gasteiger partial charge in [0.25, 0.3) is 0 Å². The van der Waals surface area contributed by atoms with Gasteiger partial charge in [0.1, 0.15) is 11.5 Å². The quantitative estimate of drug-likeness (QED) is 0.447. The van der Waals surface area contributed by atoms with Gasteiger partial charge in [-0.1, -0.05) is 54.2 Å². The maximum Gasteiger partial charge on any atom is 0.247 e. The molecule has 1 N–H and O–H groups in total. The predicted molar refractivity (Wildman–Crippen MR) is 117 cm³/mol. The molecule has 2 aromatic heterocycles. The first-order valence-corrected chi connectivity index (χ1v) is 10.7. The number of hydrogen-bond acceptors (Lipinski definition) is 7. The third kappa shape index (κ3) is 4.06. The van der Waals surface area contributed by atoms with E-state index in [0.29, 0.717) is 28.0 Å². The summed E-state index contributed by atoms with van der Waals surface area (Å²) in [6.07, 6.45) is -0.539. The molecular formula is C23H18FN5OS. The molecule has 1 aliphatic heterocycles. The minimum atomic E-state index is -0.539. The number of thioether (sulfide) groups is 1. The number of para-hydroxylation sites is 1. The van der Waals surface area contributed by atoms with E-state index >= 15 is 0 Å². The minimum Gasteiger partial charge on any atom is -0.446 e. The summed E-state index contributed by atoms with van der Waals surface area (Å²) in [5, 5.41) is 12.4. The summed E-state index contributed by atoms with van der Waals surface area (Å²) in [6, 6.07) is 20.2. The third-order valence-electron chi connectivity index (χ3n) is 4.83. The van der Waals surface area contributed by atoms with Crippen LogP contribution in [0.3, 0.4) is 0 Å². The first-order chi connectivity index (χ1) is 15.2. The Labute approximate surface area is 182 Å². The lowest BCUT2D eigenvalue weighted by Crippen LogP contribution is -2.18. The van der Waals surface area contributed by atoms with Crippen molar-refractivity contribution in [2.24, 2.45) is 0 Å². The average molecular weight is 431 g/mol. The molecule has 0 unspecified atom stereocenters. The van der Waals surface area contributed by atoms with Gasteiger partial charge in [0.05, 0.1) is 0 Å². The summed E-state index contributed by atoms with van der Waals surface area (Å²) in [4.78, 5) is 9.19. The van der Waals surface area contributed by atoms with Crippen LogP contribution in [0.4, 0.5) is 10.1 Å². The highest BCUT2D eigenvalue weighted by Gasteiger charge is 2.26. The lowest BCUT2D eigenvalue weighted by Gasteiger charge is -2.18. The smallest absolute Gasteiger partial charge is 0.247 e. The number of halogens is 1. The minimum absolute atomic E-state index is 0.252. The van der Waals surface area contributed by atoms with Crippen LogP contribution in [-0.4, -0.2) is 20.2 Å². The maximum absolute atomic E-state index is 13.9. The zero-order chi connectivity index (χ0) is 21.2. The van der Waals surface area contributed by atoms with Gasteiger partial charge in [0.2, 0.25) is 17.3 Å². The monoisotopic (exact) mass is 431 g/mol. The second-order valence-corrected chi connectivity index (χ2v) is 7.96. The Morgan fingerprint density at radius 2 is 1.81 bits per heavy atom. The number of hydrogen-bond donors (Lipinski definition) is 1. The number of anilines is 1. The van der Waals surface area contributed by atoms with Crippen LogP contribution in [-0.2, 0) is 5.75 Å². The summed E-state index contributed by atoms with van der Waals surface area (Å²) >= 11 is 1.31. The Hall–Kier alpha value is -3.52. The topological polar surface area (TPSA) is 72.8 Å². The van der Waals surface area contributed by atoms with Gasteiger partial charge in [0.15, 0.2) is 5.69 Å². The summed E-state index contributed by atoms with van der Waals surface area (Å²) in [5.74, 6) is 0.500. The van der Waals surface area contributed by atoms with Crippen molar-refractivity contribution in [3.05, 3.63) is 89.5 Å². The van der Waals surface area contributed by atoms with E-state index in [1.54, 1.807) is 18.2 Å². The fraction of sp³-hybridized carbons (Fsp3) is 0.130. The molecule has 31 heavy (non-hydrogen) atoms. The molecule has 0 radical (unpaired) electrons. The molecule has 0 saturated carbocycles. The number of nitrogens with zero attached hydrogens (tertiary/aromatic N) is 4. The summed E-state index contributed by atoms with van der Waals surface area (Å²) in [5.41, 5.74) is 4.47. The molecule has 6 nitrogen and oxygen atoms in total. The van der Waals surface area contributed by atoms with Crippen LogP contribution in [0.15, 0.2) is 71.9 Å². The molecular weight excluding hydrogens is 413 g/mol. The zero-order valence-corrected chi connectivity index (χ0v) is 17.4. The van der Waals surface area contributed by atoms with Crippen LogP contribution in [0.1, 0.15) is 23.2 Å². The van der Waals surface area contributed by atoms with Gasteiger partial charge in [-0.3, -0.25) is 4.98 Å². The van der Waals surface area contributed by atoms with E-state index in [2.05, 4.69) is 25.5 Å². The van der Waals surface area contributed by atoms with Gasteiger partial charge in [0, 0.05) is 22.7 Å². The van der Waals surface area contributed by atoms with Gasteiger partial charge in [-0.05, 0) is 36.8 Å². The van der Waals surface area contributed by atoms with Crippen molar-refractivity contribution in [1.29, 1.82) is 0 Å². The normalized spacial score (nSPS) is 14.6. The molecule has 4 aromatic rings. The Balaban J connectivity index is 1.50. The number of pyridine rings is 1. The maximum atomic E-state index is 13.9. The molecule has 1 aliphatic rings. The fourth-order valence-electron chi connectivity index (χ4n) is 3.31. The van der Waals surface area contributed by atoms with Crippen LogP contribution in [0.5, 0.6) is 5.88 Å². The van der Waals surface area contributed by atoms with Crippen LogP contribution < -0.4 is 10.1 Å². The number of aromatic nitrogens is 4. The first kappa shape index (κ1) is 19.4. The SMILES string of the molecule is Cc1cccc([C@H]2Nc3ccccc3-c3nnc(SCc4ccccc4F)nc3O2)n1. The summed E-state index contributed by atoms with van der Waals surface area (Å²) in [7, 11) is 0. The van der Waals surface area contributed by atoms with E-state index in [9.17, 15) is 4.39 Å². The molecule has 8 heteroatoms. The Morgan fingerprint density at radius 1 is 0.968 bits per heavy atom. The average Bonchev–Trinajstić information content (AvgIpc) is 2.95. The molecule has 0 aliphatic carbocycles. The lowest BCUT2D eigenvalue weighted by atomic mass is 10.1. The molecule has 0 bridgehead atoms. The molecule has 2 aromatic carbocycles. The molecule has 0 spiro atoms. The van der Waals surface area contributed by atoms with E-state index < -0.39 is 6.23 Å². The van der Waals surface area contributed by atoms with Gasteiger partial charge < -0.3 is 10.1 Å². The van der Waals surface area contributed by atoms with Crippen LogP contribution in [0.25, 0.3) is 11.3 Å². The molecule has 0 fully saturated rings. The van der Waals surface area contributed by atoms with Crippen LogP contribution in [0.2, 0.25) is 0 Å². The number of rotatable bonds is 4. The number of nitrogens with one attached hydrogen (secondary N) is 1. The molecule has 1 atom stereocenters. The van der Waals surface area contributed by atoms with Crippen molar-refractivity contribution in [2.75, 3.05) is 5.32 Å². The highest BCUT2D eigenvalue weighted by molar-refractivity contribution is 7.98. The first-order valence-electron chi connectivity index (χ1n) is 9.74. The fourth-order valence-corrected chi connectivity index (χ4v) is 4.07. The van der Waals surface area contributed by atoms with E-state index in [1.165, 1.54) is 17.8 Å². The van der Waals surface area contributed by atoms with Crippen LogP contribution in [0, 0.1) is 12.7 Å². The van der Waals surface area contributed by atoms with Gasteiger partial charge in [-0.15, -0.1) is 10.2 Å². The van der Waals surface area contributed by atoms with E-state index in [-0.39, 0.29) is 5.82 Å². The van der Waals surface area contributed by atoms with Crippen molar-refractivity contribution in [3.8, 4) is 17.1 Å². The highest BCUT2D eigenvalue weighted by atomic mass is 32.2. The Kier molecular flexibility index (Phi) is 5.21. The second kappa shape index (κ2) is 8.31. The number of fused-ring (bicyclic) bond motifs is 3. The standard InChI is InChI=1S/C23H18FN5OS/c1-14-7-6-12-19(25-14)21-26-18-11-5-3-9-16(18)20-22(30-21)27-23(29-28-20)31-13-15-8-2-4-10-17(15)24/h2-12,21,26H,13H2,1H3/t21-/m0/s1. The van der Waals surface area contributed by atoms with Gasteiger partial charge in [-0.2, -0.15) is 4.98 Å². The van der Waals surface area contributed by atoms with Crippen molar-refractivity contribution >= 4 is 17.4 Å². The summed E-state index contributed by atoms with van der Waals surface area (Å²) in [6.45, 7) is 1.93. The molecule has 154 valence electrons. The number of ether oxygens (including phenoxy) is 1. The number of benzene rings is 2. The third-order valence-corrected chi connectivity index (χ3v) is 5.71. The predicted octanol–water partition coefficient (Wildman–Crippen LogP) is 5.18. The molecule has 0 saturated heterocycles. The Morgan fingerprint density at radius 3 is 2.68 bits per heavy atom.